The second kappa shape index (κ2) is 7.47. The SMILES string of the molecule is CCN(CC)C(=O)CN1C(=O)C(=Nc2ccc(F)cc2)c2ccccc21. The van der Waals surface area contributed by atoms with Crippen LogP contribution in [0.3, 0.4) is 0 Å². The van der Waals surface area contributed by atoms with Gasteiger partial charge in [0.05, 0.1) is 11.4 Å². The molecule has 0 saturated heterocycles. The van der Waals surface area contributed by atoms with Crippen molar-refractivity contribution in [3.05, 3.63) is 59.9 Å². The van der Waals surface area contributed by atoms with Gasteiger partial charge in [0.2, 0.25) is 5.91 Å². The molecule has 6 heteroatoms. The third-order valence-electron chi connectivity index (χ3n) is 4.37. The maximum atomic E-state index is 13.1. The van der Waals surface area contributed by atoms with Gasteiger partial charge in [0.1, 0.15) is 18.1 Å². The Labute approximate surface area is 151 Å². The summed E-state index contributed by atoms with van der Waals surface area (Å²) in [6.45, 7) is 4.97. The molecular formula is C20H20FN3O2. The van der Waals surface area contributed by atoms with Crippen LogP contribution in [0.5, 0.6) is 0 Å². The Balaban J connectivity index is 1.96. The van der Waals surface area contributed by atoms with Crippen molar-refractivity contribution < 1.29 is 14.0 Å². The summed E-state index contributed by atoms with van der Waals surface area (Å²) in [5, 5.41) is 0. The second-order valence-corrected chi connectivity index (χ2v) is 5.91. The second-order valence-electron chi connectivity index (χ2n) is 5.91. The molecule has 1 aliphatic rings. The Morgan fingerprint density at radius 2 is 1.73 bits per heavy atom. The summed E-state index contributed by atoms with van der Waals surface area (Å²) < 4.78 is 13.1. The molecule has 0 saturated carbocycles. The topological polar surface area (TPSA) is 53.0 Å². The van der Waals surface area contributed by atoms with Crippen molar-refractivity contribution in [3.8, 4) is 0 Å². The molecule has 0 radical (unpaired) electrons. The van der Waals surface area contributed by atoms with Gasteiger partial charge in [-0.2, -0.15) is 0 Å². The molecule has 0 bridgehead atoms. The molecule has 0 N–H and O–H groups in total. The average molecular weight is 353 g/mol. The van der Waals surface area contributed by atoms with Crippen LogP contribution in [-0.4, -0.2) is 42.1 Å². The zero-order valence-corrected chi connectivity index (χ0v) is 14.8. The number of hydrogen-bond donors (Lipinski definition) is 0. The highest BCUT2D eigenvalue weighted by molar-refractivity contribution is 6.55. The minimum absolute atomic E-state index is 0.0278. The molecular weight excluding hydrogens is 333 g/mol. The summed E-state index contributed by atoms with van der Waals surface area (Å²) in [6.07, 6.45) is 0. The first kappa shape index (κ1) is 17.8. The fourth-order valence-electron chi connectivity index (χ4n) is 2.98. The van der Waals surface area contributed by atoms with Crippen LogP contribution >= 0.6 is 0 Å². The Kier molecular flexibility index (Phi) is 5.11. The van der Waals surface area contributed by atoms with Crippen molar-refractivity contribution in [3.63, 3.8) is 0 Å². The number of hydrogen-bond acceptors (Lipinski definition) is 3. The third kappa shape index (κ3) is 3.35. The van der Waals surface area contributed by atoms with Crippen LogP contribution in [0.2, 0.25) is 0 Å². The highest BCUT2D eigenvalue weighted by Crippen LogP contribution is 2.30. The molecule has 5 nitrogen and oxygen atoms in total. The van der Waals surface area contributed by atoms with Crippen molar-refractivity contribution in [1.82, 2.24) is 4.90 Å². The highest BCUT2D eigenvalue weighted by Gasteiger charge is 2.35. The van der Waals surface area contributed by atoms with Crippen molar-refractivity contribution >= 4 is 28.9 Å². The van der Waals surface area contributed by atoms with Crippen LogP contribution in [0.1, 0.15) is 19.4 Å². The molecule has 0 spiro atoms. The number of carbonyl (C=O) groups excluding carboxylic acids is 2. The number of para-hydroxylation sites is 1. The number of anilines is 1. The molecule has 134 valence electrons. The van der Waals surface area contributed by atoms with Gasteiger partial charge in [-0.15, -0.1) is 0 Å². The highest BCUT2D eigenvalue weighted by atomic mass is 19.1. The molecule has 1 heterocycles. The Morgan fingerprint density at radius 1 is 1.08 bits per heavy atom. The molecule has 3 rings (SSSR count). The Morgan fingerprint density at radius 3 is 2.38 bits per heavy atom. The Bertz CT molecular complexity index is 858. The number of likely N-dealkylation sites (N-methyl/N-ethyl adjacent to an activating group) is 1. The molecule has 0 atom stereocenters. The lowest BCUT2D eigenvalue weighted by atomic mass is 10.1. The summed E-state index contributed by atoms with van der Waals surface area (Å²) in [5.41, 5.74) is 2.09. The minimum Gasteiger partial charge on any atom is -0.342 e. The van der Waals surface area contributed by atoms with Gasteiger partial charge in [-0.3, -0.25) is 14.5 Å². The van der Waals surface area contributed by atoms with Gasteiger partial charge in [-0.25, -0.2) is 9.38 Å². The maximum Gasteiger partial charge on any atom is 0.278 e. The predicted molar refractivity (Wildman–Crippen MR) is 99.3 cm³/mol. The normalized spacial score (nSPS) is 14.7. The van der Waals surface area contributed by atoms with E-state index in [1.807, 2.05) is 26.0 Å². The van der Waals surface area contributed by atoms with Crippen molar-refractivity contribution in [2.45, 2.75) is 13.8 Å². The van der Waals surface area contributed by atoms with Gasteiger partial charge >= 0.3 is 0 Å². The van der Waals surface area contributed by atoms with Crippen LogP contribution in [0.25, 0.3) is 0 Å². The third-order valence-corrected chi connectivity index (χ3v) is 4.37. The Hall–Kier alpha value is -3.02. The number of carbonyl (C=O) groups is 2. The lowest BCUT2D eigenvalue weighted by molar-refractivity contribution is -0.130. The summed E-state index contributed by atoms with van der Waals surface area (Å²) in [6, 6.07) is 12.9. The summed E-state index contributed by atoms with van der Waals surface area (Å²) in [7, 11) is 0. The molecule has 2 aromatic rings. The molecule has 0 fully saturated rings. The van der Waals surface area contributed by atoms with E-state index in [2.05, 4.69) is 4.99 Å². The number of amides is 2. The number of nitrogens with zero attached hydrogens (tertiary/aromatic N) is 3. The van der Waals surface area contributed by atoms with E-state index in [-0.39, 0.29) is 29.9 Å². The standard InChI is InChI=1S/C20H20FN3O2/c1-3-23(4-2)18(25)13-24-17-8-6-5-7-16(17)19(20(24)26)22-15-11-9-14(21)10-12-15/h5-12H,3-4,13H2,1-2H3. The van der Waals surface area contributed by atoms with Gasteiger partial charge in [0, 0.05) is 18.7 Å². The molecule has 26 heavy (non-hydrogen) atoms. The molecule has 2 aromatic carbocycles. The van der Waals surface area contributed by atoms with E-state index >= 15 is 0 Å². The van der Waals surface area contributed by atoms with Crippen LogP contribution in [0.15, 0.2) is 53.5 Å². The van der Waals surface area contributed by atoms with Gasteiger partial charge in [0.15, 0.2) is 0 Å². The average Bonchev–Trinajstić information content (AvgIpc) is 2.90. The number of aliphatic imine (C=N–C) groups is 1. The molecule has 1 aliphatic heterocycles. The van der Waals surface area contributed by atoms with Crippen molar-refractivity contribution in [1.29, 1.82) is 0 Å². The zero-order chi connectivity index (χ0) is 18.7. The van der Waals surface area contributed by atoms with E-state index < -0.39 is 0 Å². The first-order valence-corrected chi connectivity index (χ1v) is 8.58. The van der Waals surface area contributed by atoms with E-state index in [9.17, 15) is 14.0 Å². The molecule has 0 unspecified atom stereocenters. The number of fused-ring (bicyclic) bond motifs is 1. The van der Waals surface area contributed by atoms with E-state index in [1.165, 1.54) is 29.2 Å². The van der Waals surface area contributed by atoms with E-state index in [4.69, 9.17) is 0 Å². The predicted octanol–water partition coefficient (Wildman–Crippen LogP) is 3.16. The van der Waals surface area contributed by atoms with E-state index in [0.29, 0.717) is 30.0 Å². The molecule has 0 aliphatic carbocycles. The quantitative estimate of drug-likeness (QED) is 0.829. The fourth-order valence-corrected chi connectivity index (χ4v) is 2.98. The fraction of sp³-hybridized carbons (Fsp3) is 0.250. The van der Waals surface area contributed by atoms with Crippen LogP contribution < -0.4 is 4.90 Å². The largest absolute Gasteiger partial charge is 0.342 e. The minimum atomic E-state index is -0.362. The number of rotatable bonds is 5. The van der Waals surface area contributed by atoms with E-state index in [0.717, 1.165) is 0 Å². The first-order valence-electron chi connectivity index (χ1n) is 8.58. The first-order chi connectivity index (χ1) is 12.5. The van der Waals surface area contributed by atoms with Crippen molar-refractivity contribution in [2.75, 3.05) is 24.5 Å². The zero-order valence-electron chi connectivity index (χ0n) is 14.8. The van der Waals surface area contributed by atoms with Gasteiger partial charge in [-0.05, 0) is 44.2 Å². The van der Waals surface area contributed by atoms with E-state index in [1.54, 1.807) is 17.0 Å². The van der Waals surface area contributed by atoms with Crippen LogP contribution in [0.4, 0.5) is 15.8 Å². The van der Waals surface area contributed by atoms with Crippen molar-refractivity contribution in [2.24, 2.45) is 4.99 Å². The summed E-state index contributed by atoms with van der Waals surface area (Å²) >= 11 is 0. The maximum absolute atomic E-state index is 13.1. The summed E-state index contributed by atoms with van der Waals surface area (Å²) in [5.74, 6) is -0.796. The van der Waals surface area contributed by atoms with Gasteiger partial charge in [-0.1, -0.05) is 18.2 Å². The van der Waals surface area contributed by atoms with Gasteiger partial charge < -0.3 is 4.90 Å². The monoisotopic (exact) mass is 353 g/mol. The number of halogens is 1. The van der Waals surface area contributed by atoms with Gasteiger partial charge in [0.25, 0.3) is 5.91 Å². The van der Waals surface area contributed by atoms with Crippen LogP contribution in [0, 0.1) is 5.82 Å². The molecule has 2 amide bonds. The summed E-state index contributed by atoms with van der Waals surface area (Å²) in [4.78, 5) is 32.9. The van der Waals surface area contributed by atoms with Crippen LogP contribution in [-0.2, 0) is 9.59 Å². The lowest BCUT2D eigenvalue weighted by Crippen LogP contribution is -2.42. The lowest BCUT2D eigenvalue weighted by Gasteiger charge is -2.23. The number of benzene rings is 2. The molecule has 0 aromatic heterocycles. The smallest absolute Gasteiger partial charge is 0.278 e.